The number of nitrogens with zero attached hydrogens (tertiary/aromatic N) is 1. The molecule has 0 radical (unpaired) electrons. The van der Waals surface area contributed by atoms with Gasteiger partial charge in [-0.15, -0.1) is 0 Å². The molecular weight excluding hydrogens is 371 g/mol. The second kappa shape index (κ2) is 7.63. The van der Waals surface area contributed by atoms with Crippen LogP contribution in [0.15, 0.2) is 76.2 Å². The molecule has 0 aliphatic rings. The van der Waals surface area contributed by atoms with Crippen molar-refractivity contribution in [1.82, 2.24) is 5.32 Å². The quantitative estimate of drug-likeness (QED) is 0.703. The van der Waals surface area contributed by atoms with Crippen LogP contribution in [0.4, 0.5) is 10.1 Å². The number of sulfonamides is 1. The average Bonchev–Trinajstić information content (AvgIpc) is 3.19. The lowest BCUT2D eigenvalue weighted by atomic mass is 10.2. The fourth-order valence-electron chi connectivity index (χ4n) is 2.48. The Labute approximate surface area is 156 Å². The van der Waals surface area contributed by atoms with E-state index in [1.807, 2.05) is 0 Å². The largest absolute Gasteiger partial charge is 0.467 e. The van der Waals surface area contributed by atoms with E-state index in [0.29, 0.717) is 5.76 Å². The van der Waals surface area contributed by atoms with Crippen LogP contribution in [0.5, 0.6) is 0 Å². The Morgan fingerprint density at radius 3 is 2.59 bits per heavy atom. The Balaban J connectivity index is 1.83. The van der Waals surface area contributed by atoms with E-state index >= 15 is 0 Å². The zero-order valence-corrected chi connectivity index (χ0v) is 15.2. The Morgan fingerprint density at radius 1 is 1.11 bits per heavy atom. The summed E-state index contributed by atoms with van der Waals surface area (Å²) in [6, 6.07) is 14.6. The summed E-state index contributed by atoms with van der Waals surface area (Å²) >= 11 is 0. The van der Waals surface area contributed by atoms with Crippen molar-refractivity contribution in [2.24, 2.45) is 0 Å². The Kier molecular flexibility index (Phi) is 5.27. The second-order valence-electron chi connectivity index (χ2n) is 5.71. The number of para-hydroxylation sites is 1. The molecule has 0 bridgehead atoms. The van der Waals surface area contributed by atoms with Gasteiger partial charge in [-0.2, -0.15) is 0 Å². The molecule has 1 N–H and O–H groups in total. The van der Waals surface area contributed by atoms with Crippen molar-refractivity contribution < 1.29 is 22.0 Å². The summed E-state index contributed by atoms with van der Waals surface area (Å²) in [4.78, 5) is 12.2. The molecule has 0 atom stereocenters. The SMILES string of the molecule is CN(c1ccccc1F)S(=O)(=O)c1cccc(C(=O)NCc2ccco2)c1. The first-order valence-corrected chi connectivity index (χ1v) is 9.48. The van der Waals surface area contributed by atoms with Gasteiger partial charge in [-0.25, -0.2) is 12.8 Å². The van der Waals surface area contributed by atoms with E-state index in [0.717, 1.165) is 4.31 Å². The van der Waals surface area contributed by atoms with Crippen molar-refractivity contribution in [3.63, 3.8) is 0 Å². The minimum atomic E-state index is -4.03. The van der Waals surface area contributed by atoms with Gasteiger partial charge >= 0.3 is 0 Å². The van der Waals surface area contributed by atoms with Gasteiger partial charge in [-0.3, -0.25) is 9.10 Å². The van der Waals surface area contributed by atoms with Gasteiger partial charge in [0, 0.05) is 12.6 Å². The molecule has 3 rings (SSSR count). The molecule has 8 heteroatoms. The van der Waals surface area contributed by atoms with Crippen molar-refractivity contribution in [2.75, 3.05) is 11.4 Å². The lowest BCUT2D eigenvalue weighted by molar-refractivity contribution is 0.0948. The van der Waals surface area contributed by atoms with Gasteiger partial charge in [0.05, 0.1) is 23.4 Å². The van der Waals surface area contributed by atoms with Gasteiger partial charge in [0.15, 0.2) is 0 Å². The third kappa shape index (κ3) is 4.01. The van der Waals surface area contributed by atoms with Crippen molar-refractivity contribution >= 4 is 21.6 Å². The minimum absolute atomic E-state index is 0.0785. The van der Waals surface area contributed by atoms with Crippen LogP contribution < -0.4 is 9.62 Å². The number of hydrogen-bond acceptors (Lipinski definition) is 4. The minimum Gasteiger partial charge on any atom is -0.467 e. The summed E-state index contributed by atoms with van der Waals surface area (Å²) in [6.07, 6.45) is 1.49. The molecule has 1 aromatic heterocycles. The first kappa shape index (κ1) is 18.7. The van der Waals surface area contributed by atoms with Gasteiger partial charge in [-0.05, 0) is 42.5 Å². The van der Waals surface area contributed by atoms with E-state index in [9.17, 15) is 17.6 Å². The van der Waals surface area contributed by atoms with Crippen molar-refractivity contribution in [1.29, 1.82) is 0 Å². The maximum Gasteiger partial charge on any atom is 0.264 e. The van der Waals surface area contributed by atoms with E-state index < -0.39 is 21.7 Å². The zero-order chi connectivity index (χ0) is 19.4. The highest BCUT2D eigenvalue weighted by atomic mass is 32.2. The Bertz CT molecular complexity index is 1050. The van der Waals surface area contributed by atoms with Crippen LogP contribution in [0.2, 0.25) is 0 Å². The van der Waals surface area contributed by atoms with Gasteiger partial charge in [-0.1, -0.05) is 18.2 Å². The number of anilines is 1. The van der Waals surface area contributed by atoms with Crippen LogP contribution in [-0.2, 0) is 16.6 Å². The molecule has 1 heterocycles. The average molecular weight is 388 g/mol. The highest BCUT2D eigenvalue weighted by Crippen LogP contribution is 2.25. The van der Waals surface area contributed by atoms with Gasteiger partial charge in [0.2, 0.25) is 0 Å². The molecule has 140 valence electrons. The number of benzene rings is 2. The molecule has 2 aromatic carbocycles. The van der Waals surface area contributed by atoms with Crippen molar-refractivity contribution in [3.8, 4) is 0 Å². The summed E-state index contributed by atoms with van der Waals surface area (Å²) in [5.74, 6) is -0.528. The molecule has 0 saturated heterocycles. The predicted octanol–water partition coefficient (Wildman–Crippen LogP) is 3.17. The number of halogens is 1. The summed E-state index contributed by atoms with van der Waals surface area (Å²) in [5, 5.41) is 2.65. The normalized spacial score (nSPS) is 11.2. The molecule has 0 unspecified atom stereocenters. The number of hydrogen-bond donors (Lipinski definition) is 1. The zero-order valence-electron chi connectivity index (χ0n) is 14.4. The summed E-state index contributed by atoms with van der Waals surface area (Å²) < 4.78 is 45.6. The van der Waals surface area contributed by atoms with Crippen LogP contribution in [0.3, 0.4) is 0 Å². The Hall–Kier alpha value is -3.13. The number of rotatable bonds is 6. The summed E-state index contributed by atoms with van der Waals surface area (Å²) in [6.45, 7) is 0.179. The first-order valence-electron chi connectivity index (χ1n) is 8.03. The predicted molar refractivity (Wildman–Crippen MR) is 98.3 cm³/mol. The summed E-state index contributed by atoms with van der Waals surface area (Å²) in [7, 11) is -2.77. The lowest BCUT2D eigenvalue weighted by Gasteiger charge is -2.20. The van der Waals surface area contributed by atoms with Crippen LogP contribution in [-0.4, -0.2) is 21.4 Å². The van der Waals surface area contributed by atoms with E-state index in [4.69, 9.17) is 4.42 Å². The molecule has 3 aromatic rings. The fourth-order valence-corrected chi connectivity index (χ4v) is 3.72. The molecule has 6 nitrogen and oxygen atoms in total. The maximum atomic E-state index is 13.9. The highest BCUT2D eigenvalue weighted by molar-refractivity contribution is 7.92. The third-order valence-corrected chi connectivity index (χ3v) is 5.72. The maximum absolute atomic E-state index is 13.9. The van der Waals surface area contributed by atoms with Crippen molar-refractivity contribution in [2.45, 2.75) is 11.4 Å². The van der Waals surface area contributed by atoms with Crippen molar-refractivity contribution in [3.05, 3.63) is 84.1 Å². The number of amides is 1. The lowest BCUT2D eigenvalue weighted by Crippen LogP contribution is -2.28. The van der Waals surface area contributed by atoms with Crippen LogP contribution in [0.1, 0.15) is 16.1 Å². The first-order chi connectivity index (χ1) is 12.9. The van der Waals surface area contributed by atoms with Gasteiger partial charge in [0.1, 0.15) is 11.6 Å². The highest BCUT2D eigenvalue weighted by Gasteiger charge is 2.24. The molecule has 0 aliphatic heterocycles. The smallest absolute Gasteiger partial charge is 0.264 e. The molecule has 0 aliphatic carbocycles. The van der Waals surface area contributed by atoms with E-state index in [-0.39, 0.29) is 22.7 Å². The monoisotopic (exact) mass is 388 g/mol. The summed E-state index contributed by atoms with van der Waals surface area (Å²) in [5.41, 5.74) is 0.0924. The van der Waals surface area contributed by atoms with E-state index in [2.05, 4.69) is 5.32 Å². The topological polar surface area (TPSA) is 79.6 Å². The molecule has 0 saturated carbocycles. The standard InChI is InChI=1S/C19H17FN2O4S/c1-22(18-10-3-2-9-17(18)20)27(24,25)16-8-4-6-14(12-16)19(23)21-13-15-7-5-11-26-15/h2-12H,13H2,1H3,(H,21,23). The van der Waals surface area contributed by atoms with E-state index in [1.165, 1.54) is 55.8 Å². The third-order valence-electron chi connectivity index (χ3n) is 3.95. The van der Waals surface area contributed by atoms with Crippen LogP contribution in [0, 0.1) is 5.82 Å². The van der Waals surface area contributed by atoms with E-state index in [1.54, 1.807) is 18.2 Å². The molecule has 1 amide bonds. The number of nitrogens with one attached hydrogen (secondary N) is 1. The molecular formula is C19H17FN2O4S. The number of carbonyl (C=O) groups is 1. The van der Waals surface area contributed by atoms with Gasteiger partial charge in [0.25, 0.3) is 15.9 Å². The van der Waals surface area contributed by atoms with Crippen LogP contribution >= 0.6 is 0 Å². The molecule has 27 heavy (non-hydrogen) atoms. The molecule has 0 spiro atoms. The van der Waals surface area contributed by atoms with Crippen LogP contribution in [0.25, 0.3) is 0 Å². The number of furan rings is 1. The fraction of sp³-hybridized carbons (Fsp3) is 0.105. The molecule has 0 fully saturated rings. The second-order valence-corrected chi connectivity index (χ2v) is 7.68. The number of carbonyl (C=O) groups excluding carboxylic acids is 1. The Morgan fingerprint density at radius 2 is 1.89 bits per heavy atom. The van der Waals surface area contributed by atoms with Gasteiger partial charge < -0.3 is 9.73 Å².